The van der Waals surface area contributed by atoms with Gasteiger partial charge in [0.1, 0.15) is 0 Å². The molecule has 1 unspecified atom stereocenters. The van der Waals surface area contributed by atoms with E-state index in [2.05, 4.69) is 18.9 Å². The van der Waals surface area contributed by atoms with Crippen LogP contribution in [0.2, 0.25) is 0 Å². The quantitative estimate of drug-likeness (QED) is 0.630. The standard InChI is InChI=1S/C10H21NO/c1-3-4-7-10(2)12-11-8-5-6-9-11/h10H,3-9H2,1-2H3. The predicted molar refractivity (Wildman–Crippen MR) is 50.9 cm³/mol. The van der Waals surface area contributed by atoms with Gasteiger partial charge in [0.05, 0.1) is 6.10 Å². The first kappa shape index (κ1) is 10.0. The van der Waals surface area contributed by atoms with Crippen LogP contribution in [0.1, 0.15) is 46.0 Å². The molecule has 2 nitrogen and oxygen atoms in total. The minimum absolute atomic E-state index is 0.419. The molecule has 72 valence electrons. The van der Waals surface area contributed by atoms with E-state index in [1.165, 1.54) is 32.1 Å². The van der Waals surface area contributed by atoms with Crippen LogP contribution >= 0.6 is 0 Å². The van der Waals surface area contributed by atoms with Crippen LogP contribution in [-0.4, -0.2) is 24.3 Å². The summed E-state index contributed by atoms with van der Waals surface area (Å²) in [5.74, 6) is 0. The first-order chi connectivity index (χ1) is 5.83. The summed E-state index contributed by atoms with van der Waals surface area (Å²) in [6, 6.07) is 0. The maximum atomic E-state index is 5.75. The summed E-state index contributed by atoms with van der Waals surface area (Å²) in [5.41, 5.74) is 0. The van der Waals surface area contributed by atoms with Gasteiger partial charge >= 0.3 is 0 Å². The highest BCUT2D eigenvalue weighted by Gasteiger charge is 2.14. The Morgan fingerprint density at radius 3 is 2.58 bits per heavy atom. The maximum Gasteiger partial charge on any atom is 0.0765 e. The highest BCUT2D eigenvalue weighted by Crippen LogP contribution is 2.12. The smallest absolute Gasteiger partial charge is 0.0765 e. The Kier molecular flexibility index (Phi) is 4.62. The van der Waals surface area contributed by atoms with Crippen molar-refractivity contribution in [2.45, 2.75) is 52.1 Å². The Hall–Kier alpha value is -0.0800. The summed E-state index contributed by atoms with van der Waals surface area (Å²) in [5, 5.41) is 2.13. The molecule has 0 bridgehead atoms. The molecule has 0 saturated carbocycles. The Labute approximate surface area is 75.8 Å². The zero-order chi connectivity index (χ0) is 8.81. The molecule has 0 aromatic carbocycles. The normalized spacial score (nSPS) is 21.5. The molecule has 12 heavy (non-hydrogen) atoms. The number of unbranched alkanes of at least 4 members (excludes halogenated alkanes) is 1. The molecule has 0 spiro atoms. The SMILES string of the molecule is CCCCC(C)ON1CCCC1. The molecule has 1 aliphatic rings. The lowest BCUT2D eigenvalue weighted by atomic mass is 10.2. The molecule has 0 aromatic rings. The van der Waals surface area contributed by atoms with Crippen molar-refractivity contribution < 1.29 is 4.84 Å². The number of rotatable bonds is 5. The minimum Gasteiger partial charge on any atom is -0.296 e. The fraction of sp³-hybridized carbons (Fsp3) is 1.00. The molecule has 1 aliphatic heterocycles. The van der Waals surface area contributed by atoms with E-state index in [-0.39, 0.29) is 0 Å². The molecular formula is C10H21NO. The van der Waals surface area contributed by atoms with Gasteiger partial charge in [0.25, 0.3) is 0 Å². The van der Waals surface area contributed by atoms with Gasteiger partial charge in [0, 0.05) is 13.1 Å². The lowest BCUT2D eigenvalue weighted by Crippen LogP contribution is -2.25. The first-order valence-corrected chi connectivity index (χ1v) is 5.24. The van der Waals surface area contributed by atoms with Gasteiger partial charge in [-0.05, 0) is 26.2 Å². The summed E-state index contributed by atoms with van der Waals surface area (Å²) >= 11 is 0. The van der Waals surface area contributed by atoms with Crippen molar-refractivity contribution in [2.24, 2.45) is 0 Å². The molecule has 1 heterocycles. The van der Waals surface area contributed by atoms with Crippen LogP contribution in [0.3, 0.4) is 0 Å². The molecule has 1 saturated heterocycles. The average molecular weight is 171 g/mol. The second-order valence-corrected chi connectivity index (χ2v) is 3.69. The Morgan fingerprint density at radius 2 is 2.00 bits per heavy atom. The van der Waals surface area contributed by atoms with Crippen molar-refractivity contribution in [3.63, 3.8) is 0 Å². The van der Waals surface area contributed by atoms with E-state index in [0.29, 0.717) is 6.10 Å². The second-order valence-electron chi connectivity index (χ2n) is 3.69. The van der Waals surface area contributed by atoms with E-state index in [1.807, 2.05) is 0 Å². The van der Waals surface area contributed by atoms with Gasteiger partial charge in [-0.2, -0.15) is 5.06 Å². The van der Waals surface area contributed by atoms with Gasteiger partial charge in [0.15, 0.2) is 0 Å². The van der Waals surface area contributed by atoms with Crippen molar-refractivity contribution >= 4 is 0 Å². The van der Waals surface area contributed by atoms with E-state index < -0.39 is 0 Å². The fourth-order valence-electron chi connectivity index (χ4n) is 1.59. The number of hydrogen-bond donors (Lipinski definition) is 0. The van der Waals surface area contributed by atoms with Crippen molar-refractivity contribution in [2.75, 3.05) is 13.1 Å². The van der Waals surface area contributed by atoms with Gasteiger partial charge in [-0.15, -0.1) is 0 Å². The molecular weight excluding hydrogens is 150 g/mol. The third-order valence-electron chi connectivity index (χ3n) is 2.36. The first-order valence-electron chi connectivity index (χ1n) is 5.24. The molecule has 1 fully saturated rings. The highest BCUT2D eigenvalue weighted by atomic mass is 16.7. The zero-order valence-corrected chi connectivity index (χ0v) is 8.38. The molecule has 2 heteroatoms. The van der Waals surface area contributed by atoms with E-state index >= 15 is 0 Å². The predicted octanol–water partition coefficient (Wildman–Crippen LogP) is 2.59. The number of hydroxylamine groups is 2. The largest absolute Gasteiger partial charge is 0.296 e. The van der Waals surface area contributed by atoms with Crippen LogP contribution in [0, 0.1) is 0 Å². The molecule has 0 N–H and O–H groups in total. The van der Waals surface area contributed by atoms with E-state index in [1.54, 1.807) is 0 Å². The third-order valence-corrected chi connectivity index (χ3v) is 2.36. The molecule has 1 atom stereocenters. The lowest BCUT2D eigenvalue weighted by Gasteiger charge is -2.20. The van der Waals surface area contributed by atoms with Gasteiger partial charge in [-0.3, -0.25) is 4.84 Å². The van der Waals surface area contributed by atoms with E-state index in [9.17, 15) is 0 Å². The van der Waals surface area contributed by atoms with Crippen LogP contribution in [0.4, 0.5) is 0 Å². The topological polar surface area (TPSA) is 12.5 Å². The van der Waals surface area contributed by atoms with Crippen LogP contribution in [0.5, 0.6) is 0 Å². The Balaban J connectivity index is 2.03. The number of hydrogen-bond acceptors (Lipinski definition) is 2. The van der Waals surface area contributed by atoms with Gasteiger partial charge in [0.2, 0.25) is 0 Å². The number of nitrogens with zero attached hydrogens (tertiary/aromatic N) is 1. The zero-order valence-electron chi connectivity index (χ0n) is 8.38. The summed E-state index contributed by atoms with van der Waals surface area (Å²) in [6.07, 6.45) is 6.79. The minimum atomic E-state index is 0.419. The average Bonchev–Trinajstić information content (AvgIpc) is 2.53. The summed E-state index contributed by atoms with van der Waals surface area (Å²) in [6.45, 7) is 6.67. The van der Waals surface area contributed by atoms with Gasteiger partial charge in [-0.25, -0.2) is 0 Å². The molecule has 0 aromatic heterocycles. The van der Waals surface area contributed by atoms with Gasteiger partial charge in [-0.1, -0.05) is 19.8 Å². The molecule has 1 rings (SSSR count). The van der Waals surface area contributed by atoms with Crippen molar-refractivity contribution in [1.82, 2.24) is 5.06 Å². The van der Waals surface area contributed by atoms with Crippen molar-refractivity contribution in [3.8, 4) is 0 Å². The van der Waals surface area contributed by atoms with Crippen LogP contribution in [0.25, 0.3) is 0 Å². The van der Waals surface area contributed by atoms with Crippen LogP contribution in [0.15, 0.2) is 0 Å². The summed E-state index contributed by atoms with van der Waals surface area (Å²) < 4.78 is 0. The maximum absolute atomic E-state index is 5.75. The van der Waals surface area contributed by atoms with Crippen LogP contribution in [-0.2, 0) is 4.84 Å². The lowest BCUT2D eigenvalue weighted by molar-refractivity contribution is -0.180. The van der Waals surface area contributed by atoms with Crippen LogP contribution < -0.4 is 0 Å². The molecule has 0 radical (unpaired) electrons. The molecule has 0 aliphatic carbocycles. The van der Waals surface area contributed by atoms with Crippen molar-refractivity contribution in [1.29, 1.82) is 0 Å². The van der Waals surface area contributed by atoms with Crippen molar-refractivity contribution in [3.05, 3.63) is 0 Å². The van der Waals surface area contributed by atoms with E-state index in [0.717, 1.165) is 13.1 Å². The Bertz CT molecular complexity index is 110. The molecule has 0 amide bonds. The summed E-state index contributed by atoms with van der Waals surface area (Å²) in [4.78, 5) is 5.75. The fourth-order valence-corrected chi connectivity index (χ4v) is 1.59. The monoisotopic (exact) mass is 171 g/mol. The van der Waals surface area contributed by atoms with Gasteiger partial charge < -0.3 is 0 Å². The third kappa shape index (κ3) is 3.55. The second kappa shape index (κ2) is 5.55. The Morgan fingerprint density at radius 1 is 1.33 bits per heavy atom. The van der Waals surface area contributed by atoms with E-state index in [4.69, 9.17) is 4.84 Å². The summed E-state index contributed by atoms with van der Waals surface area (Å²) in [7, 11) is 0. The highest BCUT2D eigenvalue weighted by molar-refractivity contribution is 4.59.